The minimum absolute atomic E-state index is 0.234. The third kappa shape index (κ3) is 4.90. The molecule has 1 aromatic carbocycles. The van der Waals surface area contributed by atoms with E-state index in [4.69, 9.17) is 0 Å². The predicted molar refractivity (Wildman–Crippen MR) is 103 cm³/mol. The van der Waals surface area contributed by atoms with Crippen LogP contribution in [0.3, 0.4) is 0 Å². The molecule has 25 heavy (non-hydrogen) atoms. The van der Waals surface area contributed by atoms with Crippen molar-refractivity contribution in [2.75, 3.05) is 17.6 Å². The summed E-state index contributed by atoms with van der Waals surface area (Å²) in [5, 5.41) is 9.60. The average molecular weight is 376 g/mol. The van der Waals surface area contributed by atoms with E-state index in [2.05, 4.69) is 32.3 Å². The van der Waals surface area contributed by atoms with Gasteiger partial charge in [0.15, 0.2) is 5.17 Å². The summed E-state index contributed by atoms with van der Waals surface area (Å²) in [6.45, 7) is 2.08. The fourth-order valence-electron chi connectivity index (χ4n) is 2.29. The lowest BCUT2D eigenvalue weighted by Gasteiger charge is -2.15. The zero-order valence-corrected chi connectivity index (χ0v) is 15.2. The Hall–Kier alpha value is -2.19. The molecule has 1 aromatic heterocycles. The van der Waals surface area contributed by atoms with Gasteiger partial charge in [0.2, 0.25) is 5.91 Å². The van der Waals surface area contributed by atoms with Crippen molar-refractivity contribution in [1.29, 1.82) is 0 Å². The number of hydrazone groups is 1. The minimum Gasteiger partial charge on any atom is -0.326 e. The topological polar surface area (TPSA) is 65.8 Å². The van der Waals surface area contributed by atoms with E-state index in [1.807, 2.05) is 6.07 Å². The zero-order chi connectivity index (χ0) is 17.6. The highest BCUT2D eigenvalue weighted by atomic mass is 32.2. The van der Waals surface area contributed by atoms with Gasteiger partial charge < -0.3 is 5.32 Å². The van der Waals surface area contributed by atoms with Crippen molar-refractivity contribution in [3.63, 3.8) is 0 Å². The van der Waals surface area contributed by atoms with Crippen LogP contribution in [0.2, 0.25) is 0 Å². The molecule has 0 radical (unpaired) electrons. The molecule has 0 spiro atoms. The van der Waals surface area contributed by atoms with Gasteiger partial charge in [-0.05, 0) is 29.6 Å². The SMILES string of the molecule is CC(=O)Nc1ccc(C2=NNC(=NCCc3cccs3)SC2)c(F)c1. The Kier molecular flexibility index (Phi) is 5.83. The summed E-state index contributed by atoms with van der Waals surface area (Å²) in [5.74, 6) is -0.102. The molecule has 0 aliphatic carbocycles. The van der Waals surface area contributed by atoms with Crippen molar-refractivity contribution in [2.24, 2.45) is 10.1 Å². The Morgan fingerprint density at radius 2 is 2.32 bits per heavy atom. The lowest BCUT2D eigenvalue weighted by molar-refractivity contribution is -0.114. The molecule has 0 unspecified atom stereocenters. The largest absolute Gasteiger partial charge is 0.326 e. The zero-order valence-electron chi connectivity index (χ0n) is 13.6. The third-order valence-electron chi connectivity index (χ3n) is 3.43. The minimum atomic E-state index is -0.412. The van der Waals surface area contributed by atoms with E-state index in [9.17, 15) is 9.18 Å². The fraction of sp³-hybridized carbons (Fsp3) is 0.235. The Bertz CT molecular complexity index is 818. The Morgan fingerprint density at radius 1 is 1.44 bits per heavy atom. The van der Waals surface area contributed by atoms with Crippen LogP contribution in [0.25, 0.3) is 0 Å². The number of nitrogens with zero attached hydrogens (tertiary/aromatic N) is 2. The molecule has 130 valence electrons. The standard InChI is InChI=1S/C17H17FN4OS2/c1-11(23)20-12-4-5-14(15(18)9-12)16-10-25-17(22-21-16)19-7-6-13-3-2-8-24-13/h2-5,8-9H,6-7,10H2,1H3,(H,19,22)(H,20,23). The quantitative estimate of drug-likeness (QED) is 0.840. The number of hydrogen-bond donors (Lipinski definition) is 2. The first-order chi connectivity index (χ1) is 12.1. The van der Waals surface area contributed by atoms with Crippen LogP contribution in [0.4, 0.5) is 10.1 Å². The second-order valence-corrected chi connectivity index (χ2v) is 7.35. The molecule has 5 nitrogen and oxygen atoms in total. The molecular formula is C17H17FN4OS2. The molecule has 0 atom stereocenters. The van der Waals surface area contributed by atoms with Crippen molar-refractivity contribution in [2.45, 2.75) is 13.3 Å². The molecular weight excluding hydrogens is 359 g/mol. The van der Waals surface area contributed by atoms with E-state index in [1.165, 1.54) is 29.6 Å². The molecule has 2 N–H and O–H groups in total. The maximum absolute atomic E-state index is 14.2. The van der Waals surface area contributed by atoms with E-state index in [1.54, 1.807) is 23.5 Å². The first kappa shape index (κ1) is 17.6. The first-order valence-electron chi connectivity index (χ1n) is 7.71. The van der Waals surface area contributed by atoms with Crippen molar-refractivity contribution < 1.29 is 9.18 Å². The highest BCUT2D eigenvalue weighted by molar-refractivity contribution is 8.14. The summed E-state index contributed by atoms with van der Waals surface area (Å²) in [7, 11) is 0. The summed E-state index contributed by atoms with van der Waals surface area (Å²) in [6, 6.07) is 8.71. The molecule has 2 aromatic rings. The number of thiophene rings is 1. The van der Waals surface area contributed by atoms with Crippen LogP contribution < -0.4 is 10.7 Å². The van der Waals surface area contributed by atoms with Crippen molar-refractivity contribution >= 4 is 45.6 Å². The second-order valence-electron chi connectivity index (χ2n) is 5.35. The second kappa shape index (κ2) is 8.26. The number of halogens is 1. The van der Waals surface area contributed by atoms with Gasteiger partial charge in [0.25, 0.3) is 0 Å². The summed E-state index contributed by atoms with van der Waals surface area (Å²) in [5.41, 5.74) is 4.36. The molecule has 3 rings (SSSR count). The Balaban J connectivity index is 1.61. The number of aliphatic imine (C=N–C) groups is 1. The average Bonchev–Trinajstić information content (AvgIpc) is 3.09. The van der Waals surface area contributed by atoms with Crippen molar-refractivity contribution in [1.82, 2.24) is 5.43 Å². The lowest BCUT2D eigenvalue weighted by atomic mass is 10.1. The van der Waals surface area contributed by atoms with Crippen LogP contribution in [0.15, 0.2) is 45.8 Å². The molecule has 1 aliphatic heterocycles. The highest BCUT2D eigenvalue weighted by Gasteiger charge is 2.16. The molecule has 8 heteroatoms. The normalized spacial score (nSPS) is 15.6. The number of nitrogens with one attached hydrogen (secondary N) is 2. The Morgan fingerprint density at radius 3 is 2.96 bits per heavy atom. The number of amidine groups is 1. The molecule has 0 fully saturated rings. The fourth-order valence-corrected chi connectivity index (χ4v) is 3.77. The molecule has 2 heterocycles. The summed E-state index contributed by atoms with van der Waals surface area (Å²) < 4.78 is 14.2. The summed E-state index contributed by atoms with van der Waals surface area (Å²) in [6.07, 6.45) is 0.902. The van der Waals surface area contributed by atoms with Gasteiger partial charge in [-0.1, -0.05) is 17.8 Å². The molecule has 1 amide bonds. The van der Waals surface area contributed by atoms with Crippen LogP contribution >= 0.6 is 23.1 Å². The van der Waals surface area contributed by atoms with E-state index >= 15 is 0 Å². The van der Waals surface area contributed by atoms with Crippen LogP contribution in [0.1, 0.15) is 17.4 Å². The van der Waals surface area contributed by atoms with Gasteiger partial charge in [0, 0.05) is 41.8 Å². The lowest BCUT2D eigenvalue weighted by Crippen LogP contribution is -2.26. The van der Waals surface area contributed by atoms with Crippen LogP contribution in [0.5, 0.6) is 0 Å². The van der Waals surface area contributed by atoms with Gasteiger partial charge in [0.1, 0.15) is 5.82 Å². The Labute approximate surface area is 153 Å². The van der Waals surface area contributed by atoms with E-state index < -0.39 is 5.82 Å². The first-order valence-corrected chi connectivity index (χ1v) is 9.58. The number of carbonyl (C=O) groups is 1. The van der Waals surface area contributed by atoms with Crippen molar-refractivity contribution in [3.05, 3.63) is 52.0 Å². The number of thioether (sulfide) groups is 1. The number of carbonyl (C=O) groups excluding carboxylic acids is 1. The van der Waals surface area contributed by atoms with Crippen LogP contribution in [-0.4, -0.2) is 29.1 Å². The van der Waals surface area contributed by atoms with Gasteiger partial charge in [-0.25, -0.2) is 4.39 Å². The van der Waals surface area contributed by atoms with Gasteiger partial charge in [-0.2, -0.15) is 5.10 Å². The number of rotatable bonds is 5. The third-order valence-corrected chi connectivity index (χ3v) is 5.27. The van der Waals surface area contributed by atoms with Gasteiger partial charge >= 0.3 is 0 Å². The molecule has 0 saturated heterocycles. The monoisotopic (exact) mass is 376 g/mol. The summed E-state index contributed by atoms with van der Waals surface area (Å²) >= 11 is 3.22. The number of anilines is 1. The maximum atomic E-state index is 14.2. The van der Waals surface area contributed by atoms with Gasteiger partial charge in [0.05, 0.1) is 5.71 Å². The van der Waals surface area contributed by atoms with Crippen LogP contribution in [0, 0.1) is 5.82 Å². The predicted octanol–water partition coefficient (Wildman–Crippen LogP) is 3.48. The number of benzene rings is 1. The number of amides is 1. The molecule has 0 saturated carbocycles. The van der Waals surface area contributed by atoms with Crippen molar-refractivity contribution in [3.8, 4) is 0 Å². The van der Waals surface area contributed by atoms with Gasteiger partial charge in [-0.3, -0.25) is 15.2 Å². The van der Waals surface area contributed by atoms with Crippen LogP contribution in [-0.2, 0) is 11.2 Å². The smallest absolute Gasteiger partial charge is 0.221 e. The van der Waals surface area contributed by atoms with E-state index in [-0.39, 0.29) is 5.91 Å². The number of hydrogen-bond acceptors (Lipinski definition) is 5. The summed E-state index contributed by atoms with van der Waals surface area (Å²) in [4.78, 5) is 16.8. The van der Waals surface area contributed by atoms with Gasteiger partial charge in [-0.15, -0.1) is 11.3 Å². The highest BCUT2D eigenvalue weighted by Crippen LogP contribution is 2.19. The maximum Gasteiger partial charge on any atom is 0.221 e. The van der Waals surface area contributed by atoms with E-state index in [0.29, 0.717) is 29.3 Å². The molecule has 1 aliphatic rings. The van der Waals surface area contributed by atoms with E-state index in [0.717, 1.165) is 11.6 Å². The molecule has 0 bridgehead atoms.